The van der Waals surface area contributed by atoms with Crippen LogP contribution in [0.25, 0.3) is 0 Å². The van der Waals surface area contributed by atoms with Crippen molar-refractivity contribution >= 4 is 11.6 Å². The molecule has 0 saturated heterocycles. The van der Waals surface area contributed by atoms with Crippen LogP contribution in [0.4, 0.5) is 0 Å². The molecule has 18 heavy (non-hydrogen) atoms. The monoisotopic (exact) mass is 270 g/mol. The van der Waals surface area contributed by atoms with E-state index in [1.165, 1.54) is 19.3 Å². The maximum absolute atomic E-state index is 6.33. The molecule has 1 aliphatic carbocycles. The number of nitrogens with zero attached hydrogens (tertiary/aromatic N) is 2. The van der Waals surface area contributed by atoms with Crippen molar-refractivity contribution in [1.29, 1.82) is 0 Å². The van der Waals surface area contributed by atoms with Gasteiger partial charge in [0.1, 0.15) is 0 Å². The van der Waals surface area contributed by atoms with Crippen LogP contribution in [0.15, 0.2) is 6.20 Å². The van der Waals surface area contributed by atoms with E-state index in [-0.39, 0.29) is 5.41 Å². The number of rotatable bonds is 3. The molecule has 4 heteroatoms. The fraction of sp³-hybridized carbons (Fsp3) is 0.786. The van der Waals surface area contributed by atoms with Crippen LogP contribution >= 0.6 is 11.6 Å². The maximum atomic E-state index is 6.33. The van der Waals surface area contributed by atoms with Gasteiger partial charge in [0.25, 0.3) is 0 Å². The topological polar surface area (TPSA) is 27.1 Å². The molecule has 0 amide bonds. The smallest absolute Gasteiger partial charge is 0.176 e. The Morgan fingerprint density at radius 3 is 2.61 bits per heavy atom. The van der Waals surface area contributed by atoms with Crippen molar-refractivity contribution in [2.45, 2.75) is 65.5 Å². The van der Waals surface area contributed by atoms with Crippen molar-refractivity contribution in [3.63, 3.8) is 0 Å². The van der Waals surface area contributed by atoms with E-state index in [0.717, 1.165) is 25.1 Å². The Morgan fingerprint density at radius 2 is 2.00 bits per heavy atom. The van der Waals surface area contributed by atoms with Gasteiger partial charge in [-0.2, -0.15) is 5.10 Å². The molecule has 102 valence electrons. The van der Waals surface area contributed by atoms with Gasteiger partial charge in [-0.05, 0) is 31.1 Å². The van der Waals surface area contributed by atoms with Crippen molar-refractivity contribution < 1.29 is 4.74 Å². The second kappa shape index (κ2) is 5.52. The second-order valence-corrected chi connectivity index (χ2v) is 6.75. The van der Waals surface area contributed by atoms with Crippen LogP contribution in [0.2, 0.25) is 5.15 Å². The minimum absolute atomic E-state index is 0.164. The van der Waals surface area contributed by atoms with Gasteiger partial charge in [0, 0.05) is 6.54 Å². The largest absolute Gasteiger partial charge is 0.486 e. The van der Waals surface area contributed by atoms with Crippen LogP contribution in [0.3, 0.4) is 0 Å². The molecule has 1 heterocycles. The van der Waals surface area contributed by atoms with E-state index >= 15 is 0 Å². The molecule has 3 nitrogen and oxygen atoms in total. The molecule has 2 rings (SSSR count). The molecule has 0 N–H and O–H groups in total. The van der Waals surface area contributed by atoms with Gasteiger partial charge < -0.3 is 4.74 Å². The molecule has 0 bridgehead atoms. The minimum atomic E-state index is 0.164. The molecule has 1 aromatic heterocycles. The van der Waals surface area contributed by atoms with Gasteiger partial charge in [0.2, 0.25) is 0 Å². The van der Waals surface area contributed by atoms with Gasteiger partial charge in [0.15, 0.2) is 10.9 Å². The first-order chi connectivity index (χ1) is 8.46. The van der Waals surface area contributed by atoms with Crippen molar-refractivity contribution in [2.75, 3.05) is 0 Å². The summed E-state index contributed by atoms with van der Waals surface area (Å²) in [5, 5.41) is 4.96. The average molecular weight is 271 g/mol. The number of hydrogen-bond donors (Lipinski definition) is 0. The fourth-order valence-corrected chi connectivity index (χ4v) is 2.55. The summed E-state index contributed by atoms with van der Waals surface area (Å²) in [5.74, 6) is 0.743. The molecule has 0 spiro atoms. The third kappa shape index (κ3) is 3.64. The Morgan fingerprint density at radius 1 is 1.33 bits per heavy atom. The second-order valence-electron chi connectivity index (χ2n) is 6.40. The maximum Gasteiger partial charge on any atom is 0.176 e. The molecule has 0 unspecified atom stereocenters. The Bertz CT molecular complexity index is 389. The quantitative estimate of drug-likeness (QED) is 0.819. The zero-order valence-corrected chi connectivity index (χ0v) is 12.3. The van der Waals surface area contributed by atoms with Crippen LogP contribution in [-0.4, -0.2) is 15.9 Å². The van der Waals surface area contributed by atoms with E-state index in [1.54, 1.807) is 6.20 Å². The number of hydrogen-bond acceptors (Lipinski definition) is 2. The predicted octanol–water partition coefficient (Wildman–Crippen LogP) is 4.29. The van der Waals surface area contributed by atoms with Gasteiger partial charge >= 0.3 is 0 Å². The molecule has 0 aliphatic heterocycles. The summed E-state index contributed by atoms with van der Waals surface area (Å²) < 4.78 is 7.80. The molecular formula is C14H23ClN2O. The first kappa shape index (κ1) is 13.7. The third-order valence-corrected chi connectivity index (χ3v) is 3.60. The lowest BCUT2D eigenvalue weighted by Gasteiger charge is -2.22. The summed E-state index contributed by atoms with van der Waals surface area (Å²) in [6, 6.07) is 0. The van der Waals surface area contributed by atoms with Gasteiger partial charge in [-0.1, -0.05) is 38.8 Å². The van der Waals surface area contributed by atoms with Crippen molar-refractivity contribution in [1.82, 2.24) is 9.78 Å². The van der Waals surface area contributed by atoms with Crippen LogP contribution in [0.1, 0.15) is 52.9 Å². The molecule has 1 fully saturated rings. The highest BCUT2D eigenvalue weighted by molar-refractivity contribution is 6.31. The van der Waals surface area contributed by atoms with Gasteiger partial charge in [-0.25, -0.2) is 4.68 Å². The van der Waals surface area contributed by atoms with Crippen molar-refractivity contribution in [3.05, 3.63) is 11.3 Å². The van der Waals surface area contributed by atoms with Crippen molar-refractivity contribution in [2.24, 2.45) is 5.41 Å². The van der Waals surface area contributed by atoms with Gasteiger partial charge in [-0.15, -0.1) is 0 Å². The zero-order chi connectivity index (χ0) is 13.2. The molecular weight excluding hydrogens is 248 g/mol. The molecule has 0 aromatic carbocycles. The Labute approximate surface area is 114 Å². The van der Waals surface area contributed by atoms with E-state index in [0.29, 0.717) is 11.3 Å². The van der Waals surface area contributed by atoms with Crippen LogP contribution in [0, 0.1) is 5.41 Å². The van der Waals surface area contributed by atoms with E-state index in [2.05, 4.69) is 25.9 Å². The van der Waals surface area contributed by atoms with Gasteiger partial charge in [0.05, 0.1) is 12.3 Å². The lowest BCUT2D eigenvalue weighted by Crippen LogP contribution is -2.20. The van der Waals surface area contributed by atoms with Crippen LogP contribution < -0.4 is 4.74 Å². The first-order valence-electron chi connectivity index (χ1n) is 6.84. The highest BCUT2D eigenvalue weighted by Gasteiger charge is 2.20. The van der Waals surface area contributed by atoms with E-state index < -0.39 is 0 Å². The van der Waals surface area contributed by atoms with Crippen molar-refractivity contribution in [3.8, 4) is 5.75 Å². The molecule has 1 aromatic rings. The molecule has 1 aliphatic rings. The summed E-state index contributed by atoms with van der Waals surface area (Å²) >= 11 is 6.33. The van der Waals surface area contributed by atoms with Crippen LogP contribution in [0.5, 0.6) is 5.75 Å². The summed E-state index contributed by atoms with van der Waals surface area (Å²) in [6.07, 6.45) is 8.21. The lowest BCUT2D eigenvalue weighted by molar-refractivity contribution is 0.155. The SMILES string of the molecule is CC(C)(C)Cn1ncc(OC2CCCCC2)c1Cl. The average Bonchev–Trinajstić information content (AvgIpc) is 2.61. The number of ether oxygens (including phenoxy) is 1. The highest BCUT2D eigenvalue weighted by atomic mass is 35.5. The van der Waals surface area contributed by atoms with Gasteiger partial charge in [-0.3, -0.25) is 0 Å². The van der Waals surface area contributed by atoms with E-state index in [4.69, 9.17) is 16.3 Å². The number of halogens is 1. The minimum Gasteiger partial charge on any atom is -0.486 e. The molecule has 1 saturated carbocycles. The van der Waals surface area contributed by atoms with Crippen LogP contribution in [-0.2, 0) is 6.54 Å². The molecule has 0 radical (unpaired) electrons. The summed E-state index contributed by atoms with van der Waals surface area (Å²) in [5.41, 5.74) is 0.164. The number of aromatic nitrogens is 2. The van der Waals surface area contributed by atoms with E-state index in [9.17, 15) is 0 Å². The Hall–Kier alpha value is -0.700. The van der Waals surface area contributed by atoms with E-state index in [1.807, 2.05) is 4.68 Å². The third-order valence-electron chi connectivity index (χ3n) is 3.21. The lowest BCUT2D eigenvalue weighted by atomic mass is 9.97. The fourth-order valence-electron chi connectivity index (χ4n) is 2.35. The summed E-state index contributed by atoms with van der Waals surface area (Å²) in [6.45, 7) is 7.33. The summed E-state index contributed by atoms with van der Waals surface area (Å²) in [4.78, 5) is 0. The predicted molar refractivity (Wildman–Crippen MR) is 74.2 cm³/mol. The Balaban J connectivity index is 2.01. The zero-order valence-electron chi connectivity index (χ0n) is 11.6. The normalized spacial score (nSPS) is 18.0. The Kier molecular flexibility index (Phi) is 4.21. The molecule has 0 atom stereocenters. The first-order valence-corrected chi connectivity index (χ1v) is 7.21. The highest BCUT2D eigenvalue weighted by Crippen LogP contribution is 2.30. The standard InChI is InChI=1S/C14H23ClN2O/c1-14(2,3)10-17-13(15)12(9-16-17)18-11-7-5-4-6-8-11/h9,11H,4-8,10H2,1-3H3. The summed E-state index contributed by atoms with van der Waals surface area (Å²) in [7, 11) is 0.